The van der Waals surface area contributed by atoms with Crippen LogP contribution in [-0.2, 0) is 11.2 Å². The molecule has 0 fully saturated rings. The monoisotopic (exact) mass is 344 g/mol. The van der Waals surface area contributed by atoms with Crippen LogP contribution in [0, 0.1) is 0 Å². The van der Waals surface area contributed by atoms with Gasteiger partial charge in [-0.2, -0.15) is 0 Å². The highest BCUT2D eigenvalue weighted by Crippen LogP contribution is 2.13. The third-order valence-electron chi connectivity index (χ3n) is 3.44. The number of benzene rings is 2. The van der Waals surface area contributed by atoms with E-state index in [-0.39, 0.29) is 5.91 Å². The molecule has 4 nitrogen and oxygen atoms in total. The highest BCUT2D eigenvalue weighted by molar-refractivity contribution is 6.30. The lowest BCUT2D eigenvalue weighted by Crippen LogP contribution is -2.18. The number of carbonyl (C=O) groups is 1. The fourth-order valence-electron chi connectivity index (χ4n) is 2.16. The van der Waals surface area contributed by atoms with E-state index in [0.29, 0.717) is 10.7 Å². The molecule has 5 heteroatoms. The molecule has 2 N–H and O–H groups in total. The highest BCUT2D eigenvalue weighted by atomic mass is 35.5. The second-order valence-electron chi connectivity index (χ2n) is 5.35. The molecule has 2 rings (SSSR count). The van der Waals surface area contributed by atoms with Crippen molar-refractivity contribution in [3.63, 3.8) is 0 Å². The summed E-state index contributed by atoms with van der Waals surface area (Å²) in [7, 11) is 1.65. The average molecular weight is 345 g/mol. The number of allylic oxidation sites excluding steroid dienone is 1. The number of carbonyl (C=O) groups excluding carboxylic acids is 1. The van der Waals surface area contributed by atoms with Crippen molar-refractivity contribution in [1.82, 2.24) is 5.32 Å². The quantitative estimate of drug-likeness (QED) is 0.746. The average Bonchev–Trinajstić information content (AvgIpc) is 2.57. The van der Waals surface area contributed by atoms with Crippen molar-refractivity contribution in [1.29, 1.82) is 0 Å². The lowest BCUT2D eigenvalue weighted by Gasteiger charge is -2.08. The topological polar surface area (TPSA) is 50.4 Å². The van der Waals surface area contributed by atoms with Gasteiger partial charge in [0.05, 0.1) is 7.11 Å². The van der Waals surface area contributed by atoms with E-state index in [2.05, 4.69) is 10.6 Å². The van der Waals surface area contributed by atoms with Crippen LogP contribution >= 0.6 is 11.6 Å². The number of methoxy groups -OCH3 is 1. The predicted molar refractivity (Wildman–Crippen MR) is 98.5 cm³/mol. The summed E-state index contributed by atoms with van der Waals surface area (Å²) in [6.07, 6.45) is 2.41. The number of amides is 1. The van der Waals surface area contributed by atoms with Gasteiger partial charge in [-0.05, 0) is 55.3 Å². The largest absolute Gasteiger partial charge is 0.497 e. The second kappa shape index (κ2) is 8.99. The van der Waals surface area contributed by atoms with Gasteiger partial charge < -0.3 is 15.4 Å². The van der Waals surface area contributed by atoms with Gasteiger partial charge >= 0.3 is 0 Å². The summed E-state index contributed by atoms with van der Waals surface area (Å²) < 4.78 is 5.13. The Morgan fingerprint density at radius 1 is 1.12 bits per heavy atom. The summed E-state index contributed by atoms with van der Waals surface area (Å²) in [6, 6.07) is 15.0. The molecule has 0 radical (unpaired) electrons. The molecule has 0 aliphatic heterocycles. The molecule has 1 amide bonds. The Kier molecular flexibility index (Phi) is 6.70. The van der Waals surface area contributed by atoms with Crippen molar-refractivity contribution in [2.24, 2.45) is 0 Å². The molecule has 0 unspecified atom stereocenters. The van der Waals surface area contributed by atoms with Gasteiger partial charge in [0.2, 0.25) is 5.91 Å². The Morgan fingerprint density at radius 2 is 1.79 bits per heavy atom. The molecular formula is C19H21ClN2O2. The summed E-state index contributed by atoms with van der Waals surface area (Å²) in [5, 5.41) is 6.67. The van der Waals surface area contributed by atoms with E-state index in [1.54, 1.807) is 37.5 Å². The third kappa shape index (κ3) is 5.97. The van der Waals surface area contributed by atoms with E-state index < -0.39 is 0 Å². The van der Waals surface area contributed by atoms with E-state index in [1.165, 1.54) is 5.56 Å². The molecule has 0 saturated heterocycles. The number of ether oxygens (including phenoxy) is 1. The Balaban J connectivity index is 1.77. The number of rotatable bonds is 7. The number of hydrogen-bond acceptors (Lipinski definition) is 3. The zero-order valence-electron chi connectivity index (χ0n) is 13.8. The fraction of sp³-hybridized carbons (Fsp3) is 0.211. The van der Waals surface area contributed by atoms with Crippen molar-refractivity contribution in [3.8, 4) is 5.75 Å². The van der Waals surface area contributed by atoms with Gasteiger partial charge in [0.25, 0.3) is 0 Å². The first-order valence-electron chi connectivity index (χ1n) is 7.68. The molecule has 0 aliphatic rings. The van der Waals surface area contributed by atoms with Crippen LogP contribution in [0.1, 0.15) is 12.5 Å². The number of hydrogen-bond donors (Lipinski definition) is 2. The molecule has 2 aromatic rings. The molecule has 126 valence electrons. The van der Waals surface area contributed by atoms with Crippen LogP contribution in [0.3, 0.4) is 0 Å². The minimum absolute atomic E-state index is 0.174. The normalized spacial score (nSPS) is 11.0. The van der Waals surface area contributed by atoms with Crippen LogP contribution in [0.25, 0.3) is 0 Å². The summed E-state index contributed by atoms with van der Waals surface area (Å²) in [5.41, 5.74) is 2.74. The van der Waals surface area contributed by atoms with Gasteiger partial charge in [0, 0.05) is 29.0 Å². The van der Waals surface area contributed by atoms with E-state index in [1.807, 2.05) is 31.2 Å². The third-order valence-corrected chi connectivity index (χ3v) is 3.69. The summed E-state index contributed by atoms with van der Waals surface area (Å²) in [6.45, 7) is 2.62. The molecule has 2 aromatic carbocycles. The maximum absolute atomic E-state index is 11.9. The summed E-state index contributed by atoms with van der Waals surface area (Å²) in [5.74, 6) is 0.674. The first-order valence-corrected chi connectivity index (χ1v) is 8.06. The van der Waals surface area contributed by atoms with Crippen LogP contribution in [-0.4, -0.2) is 19.6 Å². The first kappa shape index (κ1) is 17.9. The van der Waals surface area contributed by atoms with Gasteiger partial charge in [0.15, 0.2) is 0 Å². The lowest BCUT2D eigenvalue weighted by atomic mass is 10.1. The number of anilines is 1. The van der Waals surface area contributed by atoms with Crippen LogP contribution in [0.4, 0.5) is 5.69 Å². The first-order chi connectivity index (χ1) is 11.6. The van der Waals surface area contributed by atoms with E-state index in [4.69, 9.17) is 16.3 Å². The SMILES string of the molecule is COc1ccc(CCNC(C)=CC(=O)Nc2ccc(Cl)cc2)cc1. The molecule has 0 heterocycles. The number of halogens is 1. The Labute approximate surface area is 147 Å². The molecule has 0 aliphatic carbocycles. The zero-order chi connectivity index (χ0) is 17.4. The maximum Gasteiger partial charge on any atom is 0.250 e. The van der Waals surface area contributed by atoms with Crippen molar-refractivity contribution in [3.05, 3.63) is 70.9 Å². The Hall–Kier alpha value is -2.46. The summed E-state index contributed by atoms with van der Waals surface area (Å²) in [4.78, 5) is 11.9. The Morgan fingerprint density at radius 3 is 2.42 bits per heavy atom. The Bertz CT molecular complexity index is 694. The van der Waals surface area contributed by atoms with Crippen molar-refractivity contribution >= 4 is 23.2 Å². The van der Waals surface area contributed by atoms with Crippen LogP contribution < -0.4 is 15.4 Å². The maximum atomic E-state index is 11.9. The second-order valence-corrected chi connectivity index (χ2v) is 5.78. The molecular weight excluding hydrogens is 324 g/mol. The van der Waals surface area contributed by atoms with Crippen LogP contribution in [0.5, 0.6) is 5.75 Å². The van der Waals surface area contributed by atoms with Gasteiger partial charge in [0.1, 0.15) is 5.75 Å². The zero-order valence-corrected chi connectivity index (χ0v) is 14.6. The predicted octanol–water partition coefficient (Wildman–Crippen LogP) is 4.02. The van der Waals surface area contributed by atoms with Gasteiger partial charge in [-0.15, -0.1) is 0 Å². The molecule has 0 saturated carbocycles. The van der Waals surface area contributed by atoms with Gasteiger partial charge in [-0.1, -0.05) is 23.7 Å². The minimum atomic E-state index is -0.174. The smallest absolute Gasteiger partial charge is 0.250 e. The van der Waals surface area contributed by atoms with E-state index in [0.717, 1.165) is 24.4 Å². The van der Waals surface area contributed by atoms with Gasteiger partial charge in [-0.25, -0.2) is 0 Å². The fourth-order valence-corrected chi connectivity index (χ4v) is 2.28. The lowest BCUT2D eigenvalue weighted by molar-refractivity contribution is -0.112. The van der Waals surface area contributed by atoms with Crippen LogP contribution in [0.15, 0.2) is 60.3 Å². The molecule has 0 aromatic heterocycles. The van der Waals surface area contributed by atoms with E-state index in [9.17, 15) is 4.79 Å². The van der Waals surface area contributed by atoms with Crippen molar-refractivity contribution in [2.75, 3.05) is 19.0 Å². The highest BCUT2D eigenvalue weighted by Gasteiger charge is 2.00. The molecule has 0 bridgehead atoms. The van der Waals surface area contributed by atoms with Gasteiger partial charge in [-0.3, -0.25) is 4.79 Å². The standard InChI is InChI=1S/C19H21ClN2O2/c1-14(13-19(23)22-17-7-5-16(20)6-8-17)21-12-11-15-3-9-18(24-2)10-4-15/h3-10,13,21H,11-12H2,1-2H3,(H,22,23). The molecule has 0 atom stereocenters. The summed E-state index contributed by atoms with van der Waals surface area (Å²) >= 11 is 5.82. The minimum Gasteiger partial charge on any atom is -0.497 e. The van der Waals surface area contributed by atoms with Crippen molar-refractivity contribution < 1.29 is 9.53 Å². The van der Waals surface area contributed by atoms with Crippen LogP contribution in [0.2, 0.25) is 5.02 Å². The molecule has 0 spiro atoms. The number of nitrogens with one attached hydrogen (secondary N) is 2. The molecule has 24 heavy (non-hydrogen) atoms. The van der Waals surface area contributed by atoms with E-state index >= 15 is 0 Å². The van der Waals surface area contributed by atoms with Crippen molar-refractivity contribution in [2.45, 2.75) is 13.3 Å².